The van der Waals surface area contributed by atoms with Crippen LogP contribution in [0.25, 0.3) is 0 Å². The highest BCUT2D eigenvalue weighted by atomic mass is 28.4. The van der Waals surface area contributed by atoms with Crippen LogP contribution in [0.1, 0.15) is 60.3 Å². The van der Waals surface area contributed by atoms with Crippen molar-refractivity contribution >= 4 is 14.1 Å². The maximum absolute atomic E-state index is 13.2. The summed E-state index contributed by atoms with van der Waals surface area (Å²) in [6, 6.07) is 0. The van der Waals surface area contributed by atoms with E-state index in [1.807, 2.05) is 6.08 Å². The molecule has 0 heterocycles. The molecule has 0 unspecified atom stereocenters. The van der Waals surface area contributed by atoms with E-state index in [0.29, 0.717) is 24.0 Å². The van der Waals surface area contributed by atoms with Gasteiger partial charge < -0.3 is 4.43 Å². The fourth-order valence-electron chi connectivity index (χ4n) is 4.85. The van der Waals surface area contributed by atoms with Crippen LogP contribution >= 0.6 is 0 Å². The molecule has 0 bridgehead atoms. The van der Waals surface area contributed by atoms with Crippen molar-refractivity contribution in [2.75, 3.05) is 0 Å². The van der Waals surface area contributed by atoms with Crippen molar-refractivity contribution in [3.05, 3.63) is 24.8 Å². The van der Waals surface area contributed by atoms with E-state index in [0.717, 1.165) is 24.8 Å². The van der Waals surface area contributed by atoms with Crippen LogP contribution in [0, 0.1) is 23.2 Å². The standard InChI is InChI=1S/C22H38O2Si/c1-10-11-22-14-17(15(2)3)13-18(23)20(22)19(12-16(22)4)24-25(8,9)21(5,6)7/h10,16-17,19-20H,1-2,11-14H2,3-9H3/t16-,17-,19+,20-,22+/m0/s1. The molecule has 0 N–H and O–H groups in total. The average Bonchev–Trinajstić information content (AvgIpc) is 2.70. The summed E-state index contributed by atoms with van der Waals surface area (Å²) in [5.41, 5.74) is 1.16. The molecule has 2 rings (SSSR count). The summed E-state index contributed by atoms with van der Waals surface area (Å²) in [5, 5.41) is 0.165. The molecule has 2 nitrogen and oxygen atoms in total. The Bertz CT molecular complexity index is 557. The van der Waals surface area contributed by atoms with E-state index < -0.39 is 8.32 Å². The Hall–Kier alpha value is -0.673. The Labute approximate surface area is 156 Å². The highest BCUT2D eigenvalue weighted by molar-refractivity contribution is 6.74. The van der Waals surface area contributed by atoms with Crippen molar-refractivity contribution in [2.45, 2.75) is 84.5 Å². The van der Waals surface area contributed by atoms with E-state index in [4.69, 9.17) is 4.43 Å². The quantitative estimate of drug-likeness (QED) is 0.433. The van der Waals surface area contributed by atoms with Crippen LogP contribution in [0.2, 0.25) is 18.1 Å². The fraction of sp³-hybridized carbons (Fsp3) is 0.773. The van der Waals surface area contributed by atoms with Gasteiger partial charge >= 0.3 is 0 Å². The van der Waals surface area contributed by atoms with Gasteiger partial charge in [-0.25, -0.2) is 0 Å². The number of ketones is 1. The van der Waals surface area contributed by atoms with Crippen LogP contribution in [0.3, 0.4) is 0 Å². The molecule has 0 aromatic carbocycles. The van der Waals surface area contributed by atoms with Gasteiger partial charge in [-0.3, -0.25) is 4.79 Å². The highest BCUT2D eigenvalue weighted by Gasteiger charge is 2.60. The smallest absolute Gasteiger partial charge is 0.192 e. The number of carbonyl (C=O) groups is 1. The van der Waals surface area contributed by atoms with E-state index >= 15 is 0 Å². The molecule has 5 atom stereocenters. The number of hydrogen-bond acceptors (Lipinski definition) is 2. The van der Waals surface area contributed by atoms with Gasteiger partial charge in [0.05, 0.1) is 6.10 Å². The summed E-state index contributed by atoms with van der Waals surface area (Å²) < 4.78 is 6.80. The molecule has 0 amide bonds. The predicted molar refractivity (Wildman–Crippen MR) is 109 cm³/mol. The van der Waals surface area contributed by atoms with Crippen molar-refractivity contribution in [1.82, 2.24) is 0 Å². The van der Waals surface area contributed by atoms with Gasteiger partial charge in [0.2, 0.25) is 0 Å². The zero-order valence-electron chi connectivity index (χ0n) is 17.4. The van der Waals surface area contributed by atoms with Crippen molar-refractivity contribution < 1.29 is 9.22 Å². The van der Waals surface area contributed by atoms with E-state index in [1.165, 1.54) is 0 Å². The van der Waals surface area contributed by atoms with Crippen LogP contribution in [0.5, 0.6) is 0 Å². The summed E-state index contributed by atoms with van der Waals surface area (Å²) in [6.45, 7) is 24.0. The van der Waals surface area contributed by atoms with Crippen molar-refractivity contribution in [1.29, 1.82) is 0 Å². The van der Waals surface area contributed by atoms with Crippen molar-refractivity contribution in [3.63, 3.8) is 0 Å². The first-order valence-corrected chi connectivity index (χ1v) is 12.7. The van der Waals surface area contributed by atoms with Crippen LogP contribution in [-0.2, 0) is 9.22 Å². The lowest BCUT2D eigenvalue weighted by atomic mass is 9.58. The van der Waals surface area contributed by atoms with Crippen molar-refractivity contribution in [2.24, 2.45) is 23.2 Å². The minimum Gasteiger partial charge on any atom is -0.413 e. The maximum Gasteiger partial charge on any atom is 0.192 e. The maximum atomic E-state index is 13.2. The van der Waals surface area contributed by atoms with E-state index in [1.54, 1.807) is 0 Å². The van der Waals surface area contributed by atoms with Gasteiger partial charge in [0.1, 0.15) is 5.78 Å². The summed E-state index contributed by atoms with van der Waals surface area (Å²) >= 11 is 0. The summed E-state index contributed by atoms with van der Waals surface area (Å²) in [4.78, 5) is 13.2. The predicted octanol–water partition coefficient (Wildman–Crippen LogP) is 6.15. The molecule has 0 saturated heterocycles. The molecule has 2 aliphatic rings. The molecule has 2 fully saturated rings. The number of allylic oxidation sites excluding steroid dienone is 2. The molecule has 25 heavy (non-hydrogen) atoms. The lowest BCUT2D eigenvalue weighted by molar-refractivity contribution is -0.135. The number of Topliss-reactive ketones (excluding diaryl/α,β-unsaturated/α-hetero) is 1. The van der Waals surface area contributed by atoms with Gasteiger partial charge in [-0.2, -0.15) is 0 Å². The third-order valence-corrected chi connectivity index (χ3v) is 12.0. The Morgan fingerprint density at radius 2 is 2.00 bits per heavy atom. The lowest BCUT2D eigenvalue weighted by Crippen LogP contribution is -2.50. The zero-order chi connectivity index (χ0) is 19.2. The molecule has 2 saturated carbocycles. The monoisotopic (exact) mass is 362 g/mol. The average molecular weight is 363 g/mol. The molecule has 142 valence electrons. The van der Waals surface area contributed by atoms with E-state index in [9.17, 15) is 4.79 Å². The van der Waals surface area contributed by atoms with Gasteiger partial charge in [0, 0.05) is 12.3 Å². The van der Waals surface area contributed by atoms with E-state index in [-0.39, 0.29) is 22.5 Å². The first-order chi connectivity index (χ1) is 11.4. The molecule has 0 radical (unpaired) electrons. The van der Waals surface area contributed by atoms with E-state index in [2.05, 4.69) is 60.9 Å². The topological polar surface area (TPSA) is 26.3 Å². The minimum absolute atomic E-state index is 0.00767. The molecule has 3 heteroatoms. The largest absolute Gasteiger partial charge is 0.413 e. The number of rotatable bonds is 5. The molecule has 2 aliphatic carbocycles. The molecule has 0 aromatic rings. The lowest BCUT2D eigenvalue weighted by Gasteiger charge is -2.47. The first kappa shape index (κ1) is 20.6. The molecule has 0 spiro atoms. The second-order valence-corrected chi connectivity index (χ2v) is 14.9. The van der Waals surface area contributed by atoms with Crippen molar-refractivity contribution in [3.8, 4) is 0 Å². The molecular formula is C22H38O2Si. The summed E-state index contributed by atoms with van der Waals surface area (Å²) in [6.07, 6.45) is 5.71. The van der Waals surface area contributed by atoms with Gasteiger partial charge in [-0.05, 0) is 61.6 Å². The number of fused-ring (bicyclic) bond motifs is 1. The second kappa shape index (κ2) is 6.81. The fourth-order valence-corrected chi connectivity index (χ4v) is 6.20. The van der Waals surface area contributed by atoms with Gasteiger partial charge in [-0.15, -0.1) is 6.58 Å². The first-order valence-electron chi connectivity index (χ1n) is 9.82. The SMILES string of the molecule is C=CC[C@]12C[C@@H](C(=C)C)CC(=O)[C@H]1[C@H](O[Si](C)(C)C(C)(C)C)C[C@@H]2C. The third kappa shape index (κ3) is 3.59. The Kier molecular flexibility index (Phi) is 5.62. The van der Waals surface area contributed by atoms with Crippen LogP contribution in [-0.4, -0.2) is 20.2 Å². The van der Waals surface area contributed by atoms with Gasteiger partial charge in [0.15, 0.2) is 8.32 Å². The Morgan fingerprint density at radius 3 is 2.48 bits per heavy atom. The molecule has 0 aromatic heterocycles. The minimum atomic E-state index is -1.90. The highest BCUT2D eigenvalue weighted by Crippen LogP contribution is 2.60. The molecular weight excluding hydrogens is 324 g/mol. The zero-order valence-corrected chi connectivity index (χ0v) is 18.4. The van der Waals surface area contributed by atoms with Crippen LogP contribution in [0.15, 0.2) is 24.8 Å². The Morgan fingerprint density at radius 1 is 1.40 bits per heavy atom. The second-order valence-electron chi connectivity index (χ2n) is 10.2. The third-order valence-electron chi connectivity index (χ3n) is 7.45. The molecule has 0 aliphatic heterocycles. The number of hydrogen-bond donors (Lipinski definition) is 0. The summed E-state index contributed by atoms with van der Waals surface area (Å²) in [5.74, 6) is 1.23. The Balaban J connectivity index is 2.38. The van der Waals surface area contributed by atoms with Gasteiger partial charge in [-0.1, -0.05) is 45.9 Å². The number of carbonyl (C=O) groups excluding carboxylic acids is 1. The van der Waals surface area contributed by atoms with Crippen LogP contribution < -0.4 is 0 Å². The summed E-state index contributed by atoms with van der Waals surface area (Å²) in [7, 11) is -1.90. The van der Waals surface area contributed by atoms with Crippen LogP contribution in [0.4, 0.5) is 0 Å². The normalized spacial score (nSPS) is 36.2. The van der Waals surface area contributed by atoms with Gasteiger partial charge in [0.25, 0.3) is 0 Å².